The van der Waals surface area contributed by atoms with Gasteiger partial charge in [-0.3, -0.25) is 9.69 Å². The molecule has 2 bridgehead atoms. The van der Waals surface area contributed by atoms with Gasteiger partial charge in [0.05, 0.1) is 18.7 Å². The van der Waals surface area contributed by atoms with E-state index >= 15 is 0 Å². The van der Waals surface area contributed by atoms with Gasteiger partial charge in [-0.25, -0.2) is 4.98 Å². The summed E-state index contributed by atoms with van der Waals surface area (Å²) in [4.78, 5) is 22.2. The first-order valence-electron chi connectivity index (χ1n) is 10.3. The van der Waals surface area contributed by atoms with Gasteiger partial charge in [0, 0.05) is 30.3 Å². The quantitative estimate of drug-likeness (QED) is 0.809. The van der Waals surface area contributed by atoms with Crippen molar-refractivity contribution in [3.05, 3.63) is 59.4 Å². The highest BCUT2D eigenvalue weighted by molar-refractivity contribution is 5.94. The van der Waals surface area contributed by atoms with Crippen LogP contribution in [0.4, 0.5) is 0 Å². The van der Waals surface area contributed by atoms with Gasteiger partial charge in [-0.1, -0.05) is 18.2 Å². The number of amides is 1. The average Bonchev–Trinajstić information content (AvgIpc) is 3.22. The van der Waals surface area contributed by atoms with Crippen molar-refractivity contribution in [2.24, 2.45) is 5.92 Å². The van der Waals surface area contributed by atoms with Crippen LogP contribution in [-0.2, 0) is 0 Å². The van der Waals surface area contributed by atoms with E-state index in [1.807, 2.05) is 18.2 Å². The van der Waals surface area contributed by atoms with E-state index in [-0.39, 0.29) is 17.9 Å². The van der Waals surface area contributed by atoms with Crippen LogP contribution in [0.15, 0.2) is 42.6 Å². The Kier molecular flexibility index (Phi) is 4.48. The molecule has 1 aromatic heterocycles. The largest absolute Gasteiger partial charge is 0.496 e. The summed E-state index contributed by atoms with van der Waals surface area (Å²) >= 11 is 0. The highest BCUT2D eigenvalue weighted by atomic mass is 16.5. The first-order valence-corrected chi connectivity index (χ1v) is 10.3. The van der Waals surface area contributed by atoms with Crippen LogP contribution >= 0.6 is 0 Å². The van der Waals surface area contributed by atoms with E-state index in [1.165, 1.54) is 11.8 Å². The third-order valence-corrected chi connectivity index (χ3v) is 6.92. The zero-order valence-electron chi connectivity index (χ0n) is 16.5. The van der Waals surface area contributed by atoms with Crippen molar-refractivity contribution in [3.8, 4) is 11.8 Å². The second kappa shape index (κ2) is 7.16. The first kappa shape index (κ1) is 18.1. The topological polar surface area (TPSA) is 69.5 Å². The molecule has 4 fully saturated rings. The Balaban J connectivity index is 1.52. The van der Waals surface area contributed by atoms with Gasteiger partial charge >= 0.3 is 0 Å². The van der Waals surface area contributed by atoms with Crippen molar-refractivity contribution in [2.45, 2.75) is 30.8 Å². The Bertz CT molecular complexity index is 960. The lowest BCUT2D eigenvalue weighted by Crippen LogP contribution is -2.60. The number of ether oxygens (including phenoxy) is 1. The number of carbonyl (C=O) groups is 1. The van der Waals surface area contributed by atoms with Crippen LogP contribution in [0.3, 0.4) is 0 Å². The van der Waals surface area contributed by atoms with Gasteiger partial charge in [0.15, 0.2) is 0 Å². The third-order valence-electron chi connectivity index (χ3n) is 6.92. The maximum absolute atomic E-state index is 13.5. The summed E-state index contributed by atoms with van der Waals surface area (Å²) in [5, 5.41) is 8.99. The molecule has 4 aliphatic heterocycles. The fraction of sp³-hybridized carbons (Fsp3) is 0.435. The van der Waals surface area contributed by atoms with Crippen LogP contribution in [0.5, 0.6) is 5.75 Å². The van der Waals surface area contributed by atoms with Crippen molar-refractivity contribution < 1.29 is 9.53 Å². The molecule has 1 amide bonds. The van der Waals surface area contributed by atoms with Crippen molar-refractivity contribution in [1.29, 1.82) is 5.26 Å². The van der Waals surface area contributed by atoms with Crippen LogP contribution in [0.25, 0.3) is 0 Å². The molecule has 2 aromatic rings. The Hall–Kier alpha value is -2.91. The maximum atomic E-state index is 13.5. The van der Waals surface area contributed by atoms with Crippen LogP contribution in [0.1, 0.15) is 40.4 Å². The molecule has 1 aromatic carbocycles. The lowest BCUT2D eigenvalue weighted by Gasteiger charge is -2.51. The Morgan fingerprint density at radius 3 is 2.66 bits per heavy atom. The highest BCUT2D eigenvalue weighted by Crippen LogP contribution is 2.48. The molecule has 6 heteroatoms. The summed E-state index contributed by atoms with van der Waals surface area (Å²) in [6.45, 7) is 2.90. The first-order chi connectivity index (χ1) is 14.2. The fourth-order valence-electron chi connectivity index (χ4n) is 5.65. The summed E-state index contributed by atoms with van der Waals surface area (Å²) < 4.78 is 5.66. The summed E-state index contributed by atoms with van der Waals surface area (Å²) in [5.41, 5.74) is 2.07. The van der Waals surface area contributed by atoms with E-state index < -0.39 is 0 Å². The van der Waals surface area contributed by atoms with Gasteiger partial charge in [0.2, 0.25) is 0 Å². The highest BCUT2D eigenvalue weighted by Gasteiger charge is 2.55. The summed E-state index contributed by atoms with van der Waals surface area (Å²) in [6.07, 6.45) is 3.83. The number of para-hydroxylation sites is 1. The second-order valence-corrected chi connectivity index (χ2v) is 8.20. The van der Waals surface area contributed by atoms with E-state index in [9.17, 15) is 4.79 Å². The van der Waals surface area contributed by atoms with Gasteiger partial charge in [-0.05, 0) is 50.0 Å². The number of likely N-dealkylation sites (tertiary alicyclic amines) is 1. The van der Waals surface area contributed by atoms with Gasteiger partial charge in [-0.2, -0.15) is 5.26 Å². The van der Waals surface area contributed by atoms with Crippen molar-refractivity contribution in [1.82, 2.24) is 14.8 Å². The summed E-state index contributed by atoms with van der Waals surface area (Å²) in [6, 6.07) is 14.1. The number of nitriles is 1. The monoisotopic (exact) mass is 388 g/mol. The molecule has 0 unspecified atom stereocenters. The third kappa shape index (κ3) is 2.89. The number of nitrogens with zero attached hydrogens (tertiary/aromatic N) is 4. The van der Waals surface area contributed by atoms with Gasteiger partial charge in [-0.15, -0.1) is 0 Å². The molecule has 5 heterocycles. The van der Waals surface area contributed by atoms with Crippen molar-refractivity contribution in [2.75, 3.05) is 26.7 Å². The molecule has 6 nitrogen and oxygen atoms in total. The van der Waals surface area contributed by atoms with Gasteiger partial charge in [0.1, 0.15) is 17.5 Å². The van der Waals surface area contributed by atoms with Crippen molar-refractivity contribution >= 4 is 5.91 Å². The molecule has 148 valence electrons. The van der Waals surface area contributed by atoms with E-state index in [0.717, 1.165) is 31.7 Å². The number of hydrogen-bond donors (Lipinski definition) is 0. The lowest BCUT2D eigenvalue weighted by atomic mass is 9.75. The second-order valence-electron chi connectivity index (χ2n) is 8.20. The SMILES string of the molecule is COc1ccccc1[C@@H]1CN(C(=O)c2ccc(C#N)nc2)[C@@H]2C3CCN(CC3)[C@@H]21. The number of aromatic nitrogens is 1. The smallest absolute Gasteiger partial charge is 0.255 e. The fourth-order valence-corrected chi connectivity index (χ4v) is 5.65. The minimum Gasteiger partial charge on any atom is -0.496 e. The molecular weight excluding hydrogens is 364 g/mol. The molecule has 0 radical (unpaired) electrons. The van der Waals surface area contributed by atoms with Gasteiger partial charge < -0.3 is 9.64 Å². The summed E-state index contributed by atoms with van der Waals surface area (Å²) in [5.74, 6) is 1.69. The lowest BCUT2D eigenvalue weighted by molar-refractivity contribution is -0.00351. The minimum atomic E-state index is 0.0168. The molecule has 4 aliphatic rings. The van der Waals surface area contributed by atoms with Crippen LogP contribution < -0.4 is 4.74 Å². The number of fused-ring (bicyclic) bond motifs is 2. The minimum absolute atomic E-state index is 0.0168. The predicted molar refractivity (Wildman–Crippen MR) is 108 cm³/mol. The number of piperidine rings is 3. The average molecular weight is 388 g/mol. The van der Waals surface area contributed by atoms with E-state index in [4.69, 9.17) is 10.00 Å². The number of methoxy groups -OCH3 is 1. The van der Waals surface area contributed by atoms with Gasteiger partial charge in [0.25, 0.3) is 5.91 Å². The van der Waals surface area contributed by atoms with E-state index in [2.05, 4.69) is 26.9 Å². The molecule has 0 spiro atoms. The zero-order chi connectivity index (χ0) is 20.0. The molecule has 0 saturated carbocycles. The number of pyridine rings is 1. The van der Waals surface area contributed by atoms with Crippen LogP contribution in [-0.4, -0.2) is 59.5 Å². The molecule has 29 heavy (non-hydrogen) atoms. The molecule has 0 N–H and O–H groups in total. The van der Waals surface area contributed by atoms with Crippen molar-refractivity contribution in [3.63, 3.8) is 0 Å². The Morgan fingerprint density at radius 1 is 1.17 bits per heavy atom. The summed E-state index contributed by atoms with van der Waals surface area (Å²) in [7, 11) is 1.71. The Morgan fingerprint density at radius 2 is 1.97 bits per heavy atom. The number of hydrogen-bond acceptors (Lipinski definition) is 5. The molecule has 6 rings (SSSR count). The van der Waals surface area contributed by atoms with E-state index in [1.54, 1.807) is 19.2 Å². The van der Waals surface area contributed by atoms with Crippen LogP contribution in [0, 0.1) is 17.2 Å². The zero-order valence-corrected chi connectivity index (χ0v) is 16.5. The number of rotatable bonds is 3. The number of carbonyl (C=O) groups excluding carboxylic acids is 1. The van der Waals surface area contributed by atoms with Crippen LogP contribution in [0.2, 0.25) is 0 Å². The van der Waals surface area contributed by atoms with E-state index in [0.29, 0.717) is 29.8 Å². The predicted octanol–water partition coefficient (Wildman–Crippen LogP) is 2.66. The Labute approximate surface area is 170 Å². The molecule has 0 aliphatic carbocycles. The number of benzene rings is 1. The normalized spacial score (nSPS) is 29.9. The molecular formula is C23H24N4O2. The molecule has 4 saturated heterocycles. The molecule has 3 atom stereocenters. The standard InChI is InChI=1S/C23H24N4O2/c1-29-20-5-3-2-4-18(20)19-14-27(21-15-8-10-26(11-9-15)22(19)21)23(28)16-6-7-17(12-24)25-13-16/h2-7,13,15,19,21-22H,8-11,14H2,1H3/t19-,21+,22+/m0/s1. The maximum Gasteiger partial charge on any atom is 0.255 e.